The van der Waals surface area contributed by atoms with Crippen LogP contribution in [0.4, 0.5) is 0 Å². The smallest absolute Gasteiger partial charge is 0.222 e. The SMILES string of the molecule is CC(C)(CCC(=O)N1CCNCC1)c1ccccc1. The molecule has 3 heteroatoms. The van der Waals surface area contributed by atoms with E-state index in [1.165, 1.54) is 5.56 Å². The first kappa shape index (κ1) is 14.1. The van der Waals surface area contributed by atoms with Crippen molar-refractivity contribution in [2.75, 3.05) is 26.2 Å². The molecular weight excluding hydrogens is 236 g/mol. The lowest BCUT2D eigenvalue weighted by molar-refractivity contribution is -0.132. The number of carbonyl (C=O) groups is 1. The zero-order valence-electron chi connectivity index (χ0n) is 12.0. The average Bonchev–Trinajstić information content (AvgIpc) is 2.47. The molecule has 0 saturated carbocycles. The Bertz CT molecular complexity index is 408. The van der Waals surface area contributed by atoms with E-state index >= 15 is 0 Å². The number of nitrogens with zero attached hydrogens (tertiary/aromatic N) is 1. The van der Waals surface area contributed by atoms with E-state index in [1.54, 1.807) is 0 Å². The second kappa shape index (κ2) is 6.20. The molecule has 0 radical (unpaired) electrons. The Kier molecular flexibility index (Phi) is 4.59. The molecule has 3 nitrogen and oxygen atoms in total. The molecular formula is C16H24N2O. The van der Waals surface area contributed by atoms with Crippen molar-refractivity contribution in [1.29, 1.82) is 0 Å². The van der Waals surface area contributed by atoms with Gasteiger partial charge in [0.05, 0.1) is 0 Å². The molecule has 0 aromatic heterocycles. The second-order valence-corrected chi connectivity index (χ2v) is 5.88. The first-order chi connectivity index (χ1) is 9.09. The van der Waals surface area contributed by atoms with Crippen LogP contribution in [0.2, 0.25) is 0 Å². The first-order valence-electron chi connectivity index (χ1n) is 7.14. The van der Waals surface area contributed by atoms with Crippen LogP contribution in [-0.2, 0) is 10.2 Å². The Labute approximate surface area is 116 Å². The fraction of sp³-hybridized carbons (Fsp3) is 0.562. The molecule has 1 saturated heterocycles. The van der Waals surface area contributed by atoms with Crippen LogP contribution in [-0.4, -0.2) is 37.0 Å². The van der Waals surface area contributed by atoms with Gasteiger partial charge in [0.15, 0.2) is 0 Å². The van der Waals surface area contributed by atoms with Gasteiger partial charge in [-0.05, 0) is 17.4 Å². The predicted molar refractivity (Wildman–Crippen MR) is 78.2 cm³/mol. The van der Waals surface area contributed by atoms with Gasteiger partial charge < -0.3 is 10.2 Å². The van der Waals surface area contributed by atoms with Crippen LogP contribution in [0, 0.1) is 0 Å². The van der Waals surface area contributed by atoms with Gasteiger partial charge in [-0.15, -0.1) is 0 Å². The van der Waals surface area contributed by atoms with Crippen molar-refractivity contribution in [3.63, 3.8) is 0 Å². The summed E-state index contributed by atoms with van der Waals surface area (Å²) in [6.45, 7) is 7.98. The Morgan fingerprint density at radius 2 is 1.84 bits per heavy atom. The van der Waals surface area contributed by atoms with Gasteiger partial charge in [0.25, 0.3) is 0 Å². The van der Waals surface area contributed by atoms with Crippen molar-refractivity contribution in [2.24, 2.45) is 0 Å². The van der Waals surface area contributed by atoms with Crippen LogP contribution in [0.25, 0.3) is 0 Å². The monoisotopic (exact) mass is 260 g/mol. The lowest BCUT2D eigenvalue weighted by Crippen LogP contribution is -2.46. The van der Waals surface area contributed by atoms with Crippen molar-refractivity contribution in [2.45, 2.75) is 32.1 Å². The maximum atomic E-state index is 12.2. The van der Waals surface area contributed by atoms with E-state index in [0.29, 0.717) is 12.3 Å². The number of hydrogen-bond donors (Lipinski definition) is 1. The number of amides is 1. The van der Waals surface area contributed by atoms with Gasteiger partial charge in [-0.2, -0.15) is 0 Å². The summed E-state index contributed by atoms with van der Waals surface area (Å²) in [5.74, 6) is 0.297. The maximum absolute atomic E-state index is 12.2. The molecule has 1 heterocycles. The largest absolute Gasteiger partial charge is 0.340 e. The molecule has 1 aromatic carbocycles. The second-order valence-electron chi connectivity index (χ2n) is 5.88. The van der Waals surface area contributed by atoms with Gasteiger partial charge in [0, 0.05) is 32.6 Å². The molecule has 1 amide bonds. The maximum Gasteiger partial charge on any atom is 0.222 e. The Balaban J connectivity index is 1.88. The third kappa shape index (κ3) is 3.80. The van der Waals surface area contributed by atoms with E-state index in [0.717, 1.165) is 32.6 Å². The van der Waals surface area contributed by atoms with Gasteiger partial charge >= 0.3 is 0 Å². The minimum absolute atomic E-state index is 0.0605. The number of carbonyl (C=O) groups excluding carboxylic acids is 1. The molecule has 1 fully saturated rings. The van der Waals surface area contributed by atoms with E-state index in [4.69, 9.17) is 0 Å². The highest BCUT2D eigenvalue weighted by molar-refractivity contribution is 5.76. The van der Waals surface area contributed by atoms with Gasteiger partial charge in [0.1, 0.15) is 0 Å². The topological polar surface area (TPSA) is 32.3 Å². The highest BCUT2D eigenvalue weighted by Gasteiger charge is 2.23. The van der Waals surface area contributed by atoms with Crippen LogP contribution < -0.4 is 5.32 Å². The normalized spacial score (nSPS) is 16.4. The number of rotatable bonds is 4. The van der Waals surface area contributed by atoms with Gasteiger partial charge in [0.2, 0.25) is 5.91 Å². The molecule has 1 aliphatic heterocycles. The molecule has 0 atom stereocenters. The summed E-state index contributed by atoms with van der Waals surface area (Å²) >= 11 is 0. The molecule has 0 unspecified atom stereocenters. The van der Waals surface area contributed by atoms with E-state index in [1.807, 2.05) is 11.0 Å². The fourth-order valence-corrected chi connectivity index (χ4v) is 2.53. The molecule has 1 N–H and O–H groups in total. The molecule has 1 aromatic rings. The number of nitrogens with one attached hydrogen (secondary N) is 1. The van der Waals surface area contributed by atoms with E-state index in [-0.39, 0.29) is 5.41 Å². The summed E-state index contributed by atoms with van der Waals surface area (Å²) < 4.78 is 0. The Morgan fingerprint density at radius 1 is 1.21 bits per heavy atom. The van der Waals surface area contributed by atoms with Crippen molar-refractivity contribution >= 4 is 5.91 Å². The minimum Gasteiger partial charge on any atom is -0.340 e. The number of piperazine rings is 1. The van der Waals surface area contributed by atoms with Crippen molar-refractivity contribution in [3.05, 3.63) is 35.9 Å². The molecule has 104 valence electrons. The standard InChI is InChI=1S/C16H24N2O/c1-16(2,14-6-4-3-5-7-14)9-8-15(19)18-12-10-17-11-13-18/h3-7,17H,8-13H2,1-2H3. The highest BCUT2D eigenvalue weighted by Crippen LogP contribution is 2.28. The molecule has 1 aliphatic rings. The van der Waals surface area contributed by atoms with Crippen LogP contribution >= 0.6 is 0 Å². The third-order valence-electron chi connectivity index (χ3n) is 3.99. The van der Waals surface area contributed by atoms with Crippen molar-refractivity contribution in [3.8, 4) is 0 Å². The molecule has 0 spiro atoms. The van der Waals surface area contributed by atoms with Crippen LogP contribution in [0.5, 0.6) is 0 Å². The molecule has 2 rings (SSSR count). The van der Waals surface area contributed by atoms with E-state index < -0.39 is 0 Å². The van der Waals surface area contributed by atoms with Gasteiger partial charge in [-0.1, -0.05) is 44.2 Å². The summed E-state index contributed by atoms with van der Waals surface area (Å²) in [5.41, 5.74) is 1.37. The highest BCUT2D eigenvalue weighted by atomic mass is 16.2. The van der Waals surface area contributed by atoms with Crippen LogP contribution in [0.3, 0.4) is 0 Å². The average molecular weight is 260 g/mol. The lowest BCUT2D eigenvalue weighted by Gasteiger charge is -2.30. The van der Waals surface area contributed by atoms with Crippen molar-refractivity contribution < 1.29 is 4.79 Å². The predicted octanol–water partition coefficient (Wildman–Crippen LogP) is 2.18. The first-order valence-corrected chi connectivity index (χ1v) is 7.14. The van der Waals surface area contributed by atoms with Gasteiger partial charge in [-0.25, -0.2) is 0 Å². The lowest BCUT2D eigenvalue weighted by atomic mass is 9.80. The number of benzene rings is 1. The molecule has 0 bridgehead atoms. The third-order valence-corrected chi connectivity index (χ3v) is 3.99. The minimum atomic E-state index is 0.0605. The summed E-state index contributed by atoms with van der Waals surface area (Å²) in [4.78, 5) is 14.2. The van der Waals surface area contributed by atoms with Crippen LogP contribution in [0.1, 0.15) is 32.3 Å². The summed E-state index contributed by atoms with van der Waals surface area (Å²) in [6, 6.07) is 10.5. The van der Waals surface area contributed by atoms with Gasteiger partial charge in [-0.3, -0.25) is 4.79 Å². The van der Waals surface area contributed by atoms with Crippen LogP contribution in [0.15, 0.2) is 30.3 Å². The molecule has 19 heavy (non-hydrogen) atoms. The Hall–Kier alpha value is -1.35. The summed E-state index contributed by atoms with van der Waals surface area (Å²) in [6.07, 6.45) is 1.54. The summed E-state index contributed by atoms with van der Waals surface area (Å²) in [5, 5.41) is 3.27. The molecule has 0 aliphatic carbocycles. The fourth-order valence-electron chi connectivity index (χ4n) is 2.53. The number of hydrogen-bond acceptors (Lipinski definition) is 2. The van der Waals surface area contributed by atoms with E-state index in [9.17, 15) is 4.79 Å². The quantitative estimate of drug-likeness (QED) is 0.900. The van der Waals surface area contributed by atoms with E-state index in [2.05, 4.69) is 43.4 Å². The zero-order valence-corrected chi connectivity index (χ0v) is 12.0. The Morgan fingerprint density at radius 3 is 2.47 bits per heavy atom. The summed E-state index contributed by atoms with van der Waals surface area (Å²) in [7, 11) is 0. The zero-order chi connectivity index (χ0) is 13.7. The van der Waals surface area contributed by atoms with Crippen molar-refractivity contribution in [1.82, 2.24) is 10.2 Å².